The molecular weight excluding hydrogens is 276 g/mol. The summed E-state index contributed by atoms with van der Waals surface area (Å²) in [5, 5.41) is 4.16. The van der Waals surface area contributed by atoms with Gasteiger partial charge < -0.3 is 19.7 Å². The second kappa shape index (κ2) is 6.10. The fourth-order valence-corrected chi connectivity index (χ4v) is 2.84. The maximum absolute atomic E-state index is 6.27. The Balaban J connectivity index is 2.37. The second-order valence-corrected chi connectivity index (χ2v) is 6.15. The fourth-order valence-electron chi connectivity index (χ4n) is 2.61. The van der Waals surface area contributed by atoms with Crippen molar-refractivity contribution in [1.29, 1.82) is 0 Å². The Morgan fingerprint density at radius 2 is 1.90 bits per heavy atom. The van der Waals surface area contributed by atoms with Gasteiger partial charge in [0.05, 0.1) is 24.9 Å². The van der Waals surface area contributed by atoms with Crippen LogP contribution in [0.1, 0.15) is 20.3 Å². The zero-order valence-corrected chi connectivity index (χ0v) is 13.4. The highest BCUT2D eigenvalue weighted by Crippen LogP contribution is 2.38. The van der Waals surface area contributed by atoms with Crippen LogP contribution in [0.2, 0.25) is 5.02 Å². The van der Waals surface area contributed by atoms with E-state index in [1.165, 1.54) is 0 Å². The van der Waals surface area contributed by atoms with E-state index in [0.29, 0.717) is 10.8 Å². The number of anilines is 1. The molecule has 4 nitrogen and oxygen atoms in total. The Hall–Kier alpha value is -1.13. The number of hydrogen-bond donors (Lipinski definition) is 1. The largest absolute Gasteiger partial charge is 0.495 e. The Morgan fingerprint density at radius 3 is 2.55 bits per heavy atom. The number of methoxy groups -OCH3 is 2. The first kappa shape index (κ1) is 15.3. The van der Waals surface area contributed by atoms with E-state index in [2.05, 4.69) is 24.1 Å². The van der Waals surface area contributed by atoms with Crippen LogP contribution in [0.15, 0.2) is 12.1 Å². The van der Waals surface area contributed by atoms with Crippen LogP contribution in [-0.4, -0.2) is 39.4 Å². The molecule has 0 unspecified atom stereocenters. The molecule has 0 spiro atoms. The van der Waals surface area contributed by atoms with E-state index in [9.17, 15) is 0 Å². The second-order valence-electron chi connectivity index (χ2n) is 5.74. The van der Waals surface area contributed by atoms with Crippen LogP contribution in [0.5, 0.6) is 11.5 Å². The van der Waals surface area contributed by atoms with Gasteiger partial charge in [0.25, 0.3) is 0 Å². The van der Waals surface area contributed by atoms with Gasteiger partial charge in [0.1, 0.15) is 11.5 Å². The minimum absolute atomic E-state index is 0.0634. The minimum atomic E-state index is 0.0634. The summed E-state index contributed by atoms with van der Waals surface area (Å²) in [6.45, 7) is 7.34. The molecule has 1 aromatic carbocycles. The summed E-state index contributed by atoms with van der Waals surface area (Å²) >= 11 is 6.27. The van der Waals surface area contributed by atoms with E-state index >= 15 is 0 Å². The molecule has 0 amide bonds. The van der Waals surface area contributed by atoms with E-state index in [1.807, 2.05) is 12.1 Å². The number of benzene rings is 1. The van der Waals surface area contributed by atoms with Crippen molar-refractivity contribution < 1.29 is 9.47 Å². The lowest BCUT2D eigenvalue weighted by Gasteiger charge is -2.32. The monoisotopic (exact) mass is 298 g/mol. The third-order valence-corrected chi connectivity index (χ3v) is 3.88. The van der Waals surface area contributed by atoms with Crippen LogP contribution in [0.3, 0.4) is 0 Å². The topological polar surface area (TPSA) is 33.7 Å². The van der Waals surface area contributed by atoms with Gasteiger partial charge in [-0.1, -0.05) is 11.6 Å². The summed E-state index contributed by atoms with van der Waals surface area (Å²) in [4.78, 5) is 2.32. The predicted molar refractivity (Wildman–Crippen MR) is 83.5 cm³/mol. The fraction of sp³-hybridized carbons (Fsp3) is 0.600. The Labute approximate surface area is 126 Å². The number of nitrogens with one attached hydrogen (secondary N) is 1. The van der Waals surface area contributed by atoms with E-state index in [-0.39, 0.29) is 5.54 Å². The molecule has 1 N–H and O–H groups in total. The minimum Gasteiger partial charge on any atom is -0.495 e. The maximum atomic E-state index is 6.27. The molecule has 20 heavy (non-hydrogen) atoms. The van der Waals surface area contributed by atoms with Crippen LogP contribution >= 0.6 is 11.6 Å². The van der Waals surface area contributed by atoms with Crippen molar-refractivity contribution in [3.63, 3.8) is 0 Å². The van der Waals surface area contributed by atoms with Crippen molar-refractivity contribution in [1.82, 2.24) is 5.32 Å². The third-order valence-electron chi connectivity index (χ3n) is 3.59. The van der Waals surface area contributed by atoms with Crippen molar-refractivity contribution in [2.24, 2.45) is 0 Å². The van der Waals surface area contributed by atoms with Gasteiger partial charge in [-0.2, -0.15) is 0 Å². The first-order chi connectivity index (χ1) is 9.46. The number of ether oxygens (including phenoxy) is 2. The molecule has 0 radical (unpaired) electrons. The van der Waals surface area contributed by atoms with Crippen LogP contribution in [0, 0.1) is 0 Å². The van der Waals surface area contributed by atoms with Gasteiger partial charge in [-0.3, -0.25) is 0 Å². The van der Waals surface area contributed by atoms with E-state index < -0.39 is 0 Å². The molecule has 0 atom stereocenters. The van der Waals surface area contributed by atoms with Crippen LogP contribution in [0.4, 0.5) is 5.69 Å². The Bertz CT molecular complexity index is 477. The third kappa shape index (κ3) is 3.30. The number of rotatable bonds is 3. The molecule has 1 heterocycles. The highest BCUT2D eigenvalue weighted by molar-refractivity contribution is 6.32. The van der Waals surface area contributed by atoms with Gasteiger partial charge in [-0.25, -0.2) is 0 Å². The molecule has 5 heteroatoms. The molecule has 1 aliphatic rings. The van der Waals surface area contributed by atoms with Crippen molar-refractivity contribution in [2.75, 3.05) is 38.8 Å². The highest BCUT2D eigenvalue weighted by atomic mass is 35.5. The lowest BCUT2D eigenvalue weighted by molar-refractivity contribution is 0.391. The summed E-state index contributed by atoms with van der Waals surface area (Å²) in [5.41, 5.74) is 1.09. The molecule has 112 valence electrons. The molecule has 1 aromatic rings. The zero-order valence-electron chi connectivity index (χ0n) is 12.6. The molecule has 2 rings (SSSR count). The average molecular weight is 299 g/mol. The van der Waals surface area contributed by atoms with Crippen molar-refractivity contribution in [3.8, 4) is 11.5 Å². The van der Waals surface area contributed by atoms with Gasteiger partial charge in [-0.15, -0.1) is 0 Å². The van der Waals surface area contributed by atoms with Crippen LogP contribution in [-0.2, 0) is 0 Å². The van der Waals surface area contributed by atoms with Gasteiger partial charge in [0.15, 0.2) is 0 Å². The molecule has 1 fully saturated rings. The summed E-state index contributed by atoms with van der Waals surface area (Å²) in [6.07, 6.45) is 1.09. The van der Waals surface area contributed by atoms with E-state index in [4.69, 9.17) is 21.1 Å². The quantitative estimate of drug-likeness (QED) is 0.930. The van der Waals surface area contributed by atoms with E-state index in [0.717, 1.165) is 37.5 Å². The normalized spacial score (nSPS) is 18.6. The Kier molecular flexibility index (Phi) is 4.66. The molecule has 0 saturated carbocycles. The van der Waals surface area contributed by atoms with Gasteiger partial charge in [-0.05, 0) is 32.9 Å². The van der Waals surface area contributed by atoms with Gasteiger partial charge >= 0.3 is 0 Å². The van der Waals surface area contributed by atoms with E-state index in [1.54, 1.807) is 14.2 Å². The standard InChI is InChI=1S/C15H23ClN2O2/c1-15(2)10-18(7-5-6-17-15)12-8-11(16)13(19-3)9-14(12)20-4/h8-9,17H,5-7,10H2,1-4H3. The highest BCUT2D eigenvalue weighted by Gasteiger charge is 2.26. The summed E-state index contributed by atoms with van der Waals surface area (Å²) in [7, 11) is 3.28. The lowest BCUT2D eigenvalue weighted by Crippen LogP contribution is -2.46. The summed E-state index contributed by atoms with van der Waals surface area (Å²) in [6, 6.07) is 3.78. The van der Waals surface area contributed by atoms with Crippen LogP contribution in [0.25, 0.3) is 0 Å². The number of halogens is 1. The average Bonchev–Trinajstić information content (AvgIpc) is 2.59. The predicted octanol–water partition coefficient (Wildman–Crippen LogP) is 2.94. The molecule has 0 aliphatic carbocycles. The summed E-state index contributed by atoms with van der Waals surface area (Å²) in [5.74, 6) is 1.43. The van der Waals surface area contributed by atoms with Gasteiger partial charge in [0, 0.05) is 24.7 Å². The maximum Gasteiger partial charge on any atom is 0.145 e. The zero-order chi connectivity index (χ0) is 14.8. The van der Waals surface area contributed by atoms with Crippen molar-refractivity contribution >= 4 is 17.3 Å². The van der Waals surface area contributed by atoms with Crippen LogP contribution < -0.4 is 19.7 Å². The first-order valence-electron chi connectivity index (χ1n) is 6.88. The number of hydrogen-bond acceptors (Lipinski definition) is 4. The lowest BCUT2D eigenvalue weighted by atomic mass is 10.1. The SMILES string of the molecule is COc1cc(OC)c(N2CCCNC(C)(C)C2)cc1Cl. The Morgan fingerprint density at radius 1 is 1.20 bits per heavy atom. The molecule has 0 aromatic heterocycles. The first-order valence-corrected chi connectivity index (χ1v) is 7.26. The smallest absolute Gasteiger partial charge is 0.145 e. The molecule has 1 aliphatic heterocycles. The summed E-state index contributed by atoms with van der Waals surface area (Å²) < 4.78 is 10.8. The van der Waals surface area contributed by atoms with Crippen molar-refractivity contribution in [2.45, 2.75) is 25.8 Å². The molecular formula is C15H23ClN2O2. The number of nitrogens with zero attached hydrogens (tertiary/aromatic N) is 1. The molecule has 1 saturated heterocycles. The van der Waals surface area contributed by atoms with Crippen molar-refractivity contribution in [3.05, 3.63) is 17.2 Å². The van der Waals surface area contributed by atoms with Gasteiger partial charge in [0.2, 0.25) is 0 Å². The molecule has 0 bridgehead atoms.